The van der Waals surface area contributed by atoms with Gasteiger partial charge in [0.1, 0.15) is 18.4 Å². The highest BCUT2D eigenvalue weighted by Gasteiger charge is 2.31. The molecule has 2 atom stereocenters. The Labute approximate surface area is 209 Å². The Hall–Kier alpha value is -2.36. The van der Waals surface area contributed by atoms with E-state index in [-0.39, 0.29) is 23.3 Å². The Balaban J connectivity index is 2.43. The molecule has 0 bridgehead atoms. The Kier molecular flexibility index (Phi) is 9.73. The average molecular weight is 532 g/mol. The topological polar surface area (TPSA) is 86.8 Å². The average Bonchev–Trinajstić information content (AvgIpc) is 2.76. The predicted octanol–water partition coefficient (Wildman–Crippen LogP) is 4.23. The maximum atomic E-state index is 14.4. The van der Waals surface area contributed by atoms with E-state index < -0.39 is 40.2 Å². The summed E-state index contributed by atoms with van der Waals surface area (Å²) < 4.78 is 40.0. The van der Waals surface area contributed by atoms with Gasteiger partial charge in [-0.15, -0.1) is 0 Å². The summed E-state index contributed by atoms with van der Waals surface area (Å²) >= 11 is 12.3. The quantitative estimate of drug-likeness (QED) is 0.496. The number of benzene rings is 2. The molecule has 1 N–H and O–H groups in total. The molecule has 0 aliphatic carbocycles. The van der Waals surface area contributed by atoms with Crippen LogP contribution in [-0.4, -0.2) is 50.0 Å². The van der Waals surface area contributed by atoms with Crippen molar-refractivity contribution in [2.24, 2.45) is 0 Å². The van der Waals surface area contributed by atoms with Gasteiger partial charge in [0.25, 0.3) is 0 Å². The summed E-state index contributed by atoms with van der Waals surface area (Å²) in [5.41, 5.74) is 0.249. The molecule has 0 fully saturated rings. The minimum absolute atomic E-state index is 0.0845. The largest absolute Gasteiger partial charge is 0.352 e. The smallest absolute Gasteiger partial charge is 0.244 e. The van der Waals surface area contributed by atoms with Gasteiger partial charge < -0.3 is 10.2 Å². The third kappa shape index (κ3) is 7.32. The molecule has 0 aliphatic heterocycles. The SMILES string of the molecule is CC[C@@H](C)NC(=O)[C@H](C)N(Cc1ccc(Cl)cc1Cl)C(=O)CN(c1ccccc1F)S(C)(=O)=O. The fourth-order valence-corrected chi connectivity index (χ4v) is 4.45. The van der Waals surface area contributed by atoms with Gasteiger partial charge >= 0.3 is 0 Å². The van der Waals surface area contributed by atoms with Gasteiger partial charge in [0.05, 0.1) is 11.9 Å². The molecule has 0 heterocycles. The van der Waals surface area contributed by atoms with E-state index in [1.807, 2.05) is 13.8 Å². The predicted molar refractivity (Wildman–Crippen MR) is 133 cm³/mol. The van der Waals surface area contributed by atoms with Crippen LogP contribution in [0.1, 0.15) is 32.8 Å². The van der Waals surface area contributed by atoms with Crippen LogP contribution in [0.5, 0.6) is 0 Å². The van der Waals surface area contributed by atoms with Crippen molar-refractivity contribution in [3.05, 3.63) is 63.9 Å². The molecular formula is C23H28Cl2FN3O4S. The zero-order chi connectivity index (χ0) is 25.6. The molecule has 186 valence electrons. The zero-order valence-corrected chi connectivity index (χ0v) is 21.7. The fourth-order valence-electron chi connectivity index (χ4n) is 3.13. The van der Waals surface area contributed by atoms with Crippen LogP contribution in [0.25, 0.3) is 0 Å². The number of anilines is 1. The summed E-state index contributed by atoms with van der Waals surface area (Å²) in [5.74, 6) is -1.91. The lowest BCUT2D eigenvalue weighted by Crippen LogP contribution is -2.52. The van der Waals surface area contributed by atoms with E-state index in [1.54, 1.807) is 12.1 Å². The van der Waals surface area contributed by atoms with Crippen LogP contribution in [0.3, 0.4) is 0 Å². The summed E-state index contributed by atoms with van der Waals surface area (Å²) in [6, 6.07) is 8.88. The molecule has 0 unspecified atom stereocenters. The summed E-state index contributed by atoms with van der Waals surface area (Å²) in [4.78, 5) is 27.5. The van der Waals surface area contributed by atoms with Gasteiger partial charge in [-0.1, -0.05) is 48.3 Å². The van der Waals surface area contributed by atoms with E-state index in [0.29, 0.717) is 21.3 Å². The Morgan fingerprint density at radius 1 is 1.12 bits per heavy atom. The van der Waals surface area contributed by atoms with Crippen LogP contribution in [0, 0.1) is 5.82 Å². The van der Waals surface area contributed by atoms with Gasteiger partial charge in [-0.05, 0) is 50.1 Å². The monoisotopic (exact) mass is 531 g/mol. The third-order valence-corrected chi connectivity index (χ3v) is 7.04. The first kappa shape index (κ1) is 27.9. The number of halogens is 3. The summed E-state index contributed by atoms with van der Waals surface area (Å²) in [6.45, 7) is 4.48. The van der Waals surface area contributed by atoms with E-state index in [1.165, 1.54) is 36.1 Å². The Morgan fingerprint density at radius 3 is 2.32 bits per heavy atom. The number of nitrogens with one attached hydrogen (secondary N) is 1. The number of carbonyl (C=O) groups is 2. The second-order valence-electron chi connectivity index (χ2n) is 7.97. The molecule has 0 radical (unpaired) electrons. The molecule has 0 aromatic heterocycles. The molecule has 2 aromatic carbocycles. The van der Waals surface area contributed by atoms with Gasteiger partial charge in [0.2, 0.25) is 21.8 Å². The van der Waals surface area contributed by atoms with Crippen molar-refractivity contribution in [1.82, 2.24) is 10.2 Å². The minimum atomic E-state index is -4.02. The number of hydrogen-bond acceptors (Lipinski definition) is 4. The lowest BCUT2D eigenvalue weighted by Gasteiger charge is -2.32. The van der Waals surface area contributed by atoms with E-state index >= 15 is 0 Å². The first-order valence-electron chi connectivity index (χ1n) is 10.6. The molecule has 11 heteroatoms. The summed E-state index contributed by atoms with van der Waals surface area (Å²) in [7, 11) is -4.02. The van der Waals surface area contributed by atoms with Crippen molar-refractivity contribution in [2.45, 2.75) is 45.8 Å². The molecule has 2 amide bonds. The van der Waals surface area contributed by atoms with E-state index in [9.17, 15) is 22.4 Å². The van der Waals surface area contributed by atoms with Gasteiger partial charge in [-0.2, -0.15) is 0 Å². The highest BCUT2D eigenvalue weighted by Crippen LogP contribution is 2.25. The lowest BCUT2D eigenvalue weighted by atomic mass is 10.1. The molecule has 0 saturated heterocycles. The summed E-state index contributed by atoms with van der Waals surface area (Å²) in [6.07, 6.45) is 1.57. The Morgan fingerprint density at radius 2 is 1.76 bits per heavy atom. The number of carbonyl (C=O) groups excluding carboxylic acids is 2. The maximum absolute atomic E-state index is 14.4. The highest BCUT2D eigenvalue weighted by atomic mass is 35.5. The molecule has 7 nitrogen and oxygen atoms in total. The van der Waals surface area contributed by atoms with Crippen molar-refractivity contribution in [2.75, 3.05) is 17.1 Å². The van der Waals surface area contributed by atoms with E-state index in [0.717, 1.165) is 12.3 Å². The molecule has 0 aliphatic rings. The summed E-state index contributed by atoms with van der Waals surface area (Å²) in [5, 5.41) is 3.51. The molecule has 34 heavy (non-hydrogen) atoms. The minimum Gasteiger partial charge on any atom is -0.352 e. The second-order valence-corrected chi connectivity index (χ2v) is 10.7. The van der Waals surface area contributed by atoms with Crippen molar-refractivity contribution in [3.63, 3.8) is 0 Å². The normalized spacial score (nSPS) is 13.1. The lowest BCUT2D eigenvalue weighted by molar-refractivity contribution is -0.139. The Bertz CT molecular complexity index is 1150. The zero-order valence-electron chi connectivity index (χ0n) is 19.4. The fraction of sp³-hybridized carbons (Fsp3) is 0.391. The van der Waals surface area contributed by atoms with Gasteiger partial charge in [0.15, 0.2) is 0 Å². The molecular weight excluding hydrogens is 504 g/mol. The van der Waals surface area contributed by atoms with Crippen molar-refractivity contribution >= 4 is 50.7 Å². The van der Waals surface area contributed by atoms with Crippen LogP contribution in [0.2, 0.25) is 10.0 Å². The van der Waals surface area contributed by atoms with Gasteiger partial charge in [-0.3, -0.25) is 13.9 Å². The van der Waals surface area contributed by atoms with Gasteiger partial charge in [0, 0.05) is 22.6 Å². The van der Waals surface area contributed by atoms with E-state index in [2.05, 4.69) is 5.32 Å². The highest BCUT2D eigenvalue weighted by molar-refractivity contribution is 7.92. The number of rotatable bonds is 10. The van der Waals surface area contributed by atoms with Crippen molar-refractivity contribution in [1.29, 1.82) is 0 Å². The van der Waals surface area contributed by atoms with Crippen LogP contribution in [0.4, 0.5) is 10.1 Å². The number of sulfonamides is 1. The van der Waals surface area contributed by atoms with Crippen molar-refractivity contribution in [3.8, 4) is 0 Å². The first-order valence-corrected chi connectivity index (χ1v) is 13.2. The second kappa shape index (κ2) is 11.9. The first-order chi connectivity index (χ1) is 15.8. The number of para-hydroxylation sites is 1. The number of amides is 2. The van der Waals surface area contributed by atoms with E-state index in [4.69, 9.17) is 23.2 Å². The molecule has 2 aromatic rings. The standard InChI is InChI=1S/C23H28Cl2FN3O4S/c1-5-15(2)27-23(31)16(3)28(13-17-10-11-18(24)12-19(17)25)22(30)14-29(34(4,32)33)21-9-7-6-8-20(21)26/h6-12,15-16H,5,13-14H2,1-4H3,(H,27,31)/t15-,16+/m1/s1. The van der Waals surface area contributed by atoms with Crippen molar-refractivity contribution < 1.29 is 22.4 Å². The number of hydrogen-bond donors (Lipinski definition) is 1. The molecule has 0 saturated carbocycles. The van der Waals surface area contributed by atoms with Crippen LogP contribution < -0.4 is 9.62 Å². The van der Waals surface area contributed by atoms with Crippen LogP contribution >= 0.6 is 23.2 Å². The maximum Gasteiger partial charge on any atom is 0.244 e. The molecule has 0 spiro atoms. The van der Waals surface area contributed by atoms with Gasteiger partial charge in [-0.25, -0.2) is 12.8 Å². The van der Waals surface area contributed by atoms with Crippen LogP contribution in [0.15, 0.2) is 42.5 Å². The van der Waals surface area contributed by atoms with Crippen LogP contribution in [-0.2, 0) is 26.2 Å². The molecule has 2 rings (SSSR count). The third-order valence-electron chi connectivity index (χ3n) is 5.32. The number of nitrogens with zero attached hydrogens (tertiary/aromatic N) is 2.